The summed E-state index contributed by atoms with van der Waals surface area (Å²) in [6.45, 7) is 8.27. The predicted octanol–water partition coefficient (Wildman–Crippen LogP) is 5.68. The normalized spacial score (nSPS) is 11.2. The molecule has 0 aliphatic heterocycles. The van der Waals surface area contributed by atoms with E-state index in [2.05, 4.69) is 30.9 Å². The number of methoxy groups -OCH3 is 1. The van der Waals surface area contributed by atoms with Crippen LogP contribution in [0, 0.1) is 6.92 Å². The highest BCUT2D eigenvalue weighted by molar-refractivity contribution is 5.63. The molecule has 6 nitrogen and oxygen atoms in total. The maximum Gasteiger partial charge on any atom is 0.276 e. The van der Waals surface area contributed by atoms with Crippen molar-refractivity contribution in [3.63, 3.8) is 0 Å². The maximum absolute atomic E-state index is 10.3. The second-order valence-electron chi connectivity index (χ2n) is 7.30. The highest BCUT2D eigenvalue weighted by Gasteiger charge is 2.18. The topological polar surface area (TPSA) is 81.3 Å². The van der Waals surface area contributed by atoms with Crippen molar-refractivity contribution in [1.29, 1.82) is 0 Å². The van der Waals surface area contributed by atoms with Gasteiger partial charge in [0.15, 0.2) is 0 Å². The monoisotopic (exact) mass is 395 g/mol. The zero-order valence-electron chi connectivity index (χ0n) is 17.8. The summed E-state index contributed by atoms with van der Waals surface area (Å²) in [7, 11) is 1.64. The highest BCUT2D eigenvalue weighted by atomic mass is 16.5. The largest absolute Gasteiger partial charge is 0.507 e. The van der Waals surface area contributed by atoms with Crippen LogP contribution in [0.2, 0.25) is 0 Å². The summed E-state index contributed by atoms with van der Waals surface area (Å²) < 4.78 is 11.0. The van der Waals surface area contributed by atoms with Gasteiger partial charge in [0.05, 0.1) is 7.11 Å². The predicted molar refractivity (Wildman–Crippen MR) is 113 cm³/mol. The molecule has 3 rings (SSSR count). The van der Waals surface area contributed by atoms with Crippen LogP contribution in [0.25, 0.3) is 23.0 Å². The van der Waals surface area contributed by atoms with E-state index in [1.54, 1.807) is 7.11 Å². The van der Waals surface area contributed by atoms with E-state index < -0.39 is 0 Å². The van der Waals surface area contributed by atoms with E-state index in [0.717, 1.165) is 53.8 Å². The zero-order chi connectivity index (χ0) is 21.0. The minimum atomic E-state index is 0.337. The first-order valence-electron chi connectivity index (χ1n) is 10.2. The summed E-state index contributed by atoms with van der Waals surface area (Å²) in [4.78, 5) is 9.34. The SMILES string of the molecule is CCCc1cc(-c2noc(-c3cc(OC)cc(C(CC)CC)n3)n2)cc(C)c1O. The molecule has 0 atom stereocenters. The van der Waals surface area contributed by atoms with Gasteiger partial charge in [0.2, 0.25) is 5.82 Å². The number of nitrogens with zero attached hydrogens (tertiary/aromatic N) is 3. The lowest BCUT2D eigenvalue weighted by Gasteiger charge is -2.13. The van der Waals surface area contributed by atoms with Crippen LogP contribution in [0.3, 0.4) is 0 Å². The number of hydrogen-bond donors (Lipinski definition) is 1. The molecule has 0 radical (unpaired) electrons. The minimum absolute atomic E-state index is 0.337. The van der Waals surface area contributed by atoms with Crippen LogP contribution >= 0.6 is 0 Å². The summed E-state index contributed by atoms with van der Waals surface area (Å²) in [6.07, 6.45) is 3.73. The van der Waals surface area contributed by atoms with Gasteiger partial charge in [-0.15, -0.1) is 0 Å². The van der Waals surface area contributed by atoms with Crippen molar-refractivity contribution >= 4 is 0 Å². The molecule has 0 aliphatic carbocycles. The summed E-state index contributed by atoms with van der Waals surface area (Å²) >= 11 is 0. The van der Waals surface area contributed by atoms with Gasteiger partial charge in [-0.3, -0.25) is 0 Å². The number of phenols is 1. The Morgan fingerprint density at radius 3 is 2.48 bits per heavy atom. The van der Waals surface area contributed by atoms with E-state index in [4.69, 9.17) is 14.2 Å². The Bertz CT molecular complexity index is 977. The van der Waals surface area contributed by atoms with Crippen molar-refractivity contribution in [2.75, 3.05) is 7.11 Å². The van der Waals surface area contributed by atoms with E-state index in [-0.39, 0.29) is 0 Å². The minimum Gasteiger partial charge on any atom is -0.507 e. The van der Waals surface area contributed by atoms with Crippen molar-refractivity contribution in [1.82, 2.24) is 15.1 Å². The van der Waals surface area contributed by atoms with E-state index >= 15 is 0 Å². The number of rotatable bonds is 8. The zero-order valence-corrected chi connectivity index (χ0v) is 17.8. The van der Waals surface area contributed by atoms with E-state index in [9.17, 15) is 5.11 Å². The van der Waals surface area contributed by atoms with Crippen LogP contribution in [0.15, 0.2) is 28.8 Å². The molecule has 0 unspecified atom stereocenters. The molecule has 2 heterocycles. The van der Waals surface area contributed by atoms with Crippen LogP contribution in [0.4, 0.5) is 0 Å². The number of aromatic hydroxyl groups is 1. The summed E-state index contributed by atoms with van der Waals surface area (Å²) in [5, 5.41) is 14.4. The van der Waals surface area contributed by atoms with E-state index in [1.165, 1.54) is 0 Å². The molecule has 6 heteroatoms. The molecule has 0 spiro atoms. The standard InChI is InChI=1S/C23H29N3O3/c1-6-9-16-11-17(10-14(4)21(16)27)22-25-23(29-26-22)20-13-18(28-5)12-19(24-20)15(7-2)8-3/h10-13,15,27H,6-9H2,1-5H3. The fraction of sp³-hybridized carbons (Fsp3) is 0.435. The highest BCUT2D eigenvalue weighted by Crippen LogP contribution is 2.32. The third-order valence-electron chi connectivity index (χ3n) is 5.26. The number of hydrogen-bond acceptors (Lipinski definition) is 6. The van der Waals surface area contributed by atoms with Crippen LogP contribution in [-0.2, 0) is 6.42 Å². The van der Waals surface area contributed by atoms with Gasteiger partial charge in [0.1, 0.15) is 17.2 Å². The van der Waals surface area contributed by atoms with E-state index in [0.29, 0.717) is 29.1 Å². The van der Waals surface area contributed by atoms with Crippen molar-refractivity contribution < 1.29 is 14.4 Å². The van der Waals surface area contributed by atoms with Crippen LogP contribution in [-0.4, -0.2) is 27.3 Å². The summed E-state index contributed by atoms with van der Waals surface area (Å²) in [5.74, 6) is 2.25. The first kappa shape index (κ1) is 20.8. The summed E-state index contributed by atoms with van der Waals surface area (Å²) in [6, 6.07) is 7.58. The Hall–Kier alpha value is -2.89. The first-order valence-corrected chi connectivity index (χ1v) is 10.2. The number of benzene rings is 1. The molecule has 0 bridgehead atoms. The first-order chi connectivity index (χ1) is 14.0. The Morgan fingerprint density at radius 1 is 1.07 bits per heavy atom. The molecule has 0 amide bonds. The second-order valence-corrected chi connectivity index (χ2v) is 7.30. The van der Waals surface area contributed by atoms with Crippen molar-refractivity contribution in [3.8, 4) is 34.5 Å². The Morgan fingerprint density at radius 2 is 1.83 bits per heavy atom. The van der Waals surface area contributed by atoms with Gasteiger partial charge in [-0.25, -0.2) is 4.98 Å². The van der Waals surface area contributed by atoms with Crippen molar-refractivity contribution in [2.24, 2.45) is 0 Å². The van der Waals surface area contributed by atoms with Gasteiger partial charge in [-0.05, 0) is 49.4 Å². The average molecular weight is 396 g/mol. The lowest BCUT2D eigenvalue weighted by Crippen LogP contribution is -2.01. The van der Waals surface area contributed by atoms with Gasteiger partial charge in [0, 0.05) is 29.3 Å². The van der Waals surface area contributed by atoms with Crippen LogP contribution in [0.5, 0.6) is 11.5 Å². The smallest absolute Gasteiger partial charge is 0.276 e. The van der Waals surface area contributed by atoms with Gasteiger partial charge in [0.25, 0.3) is 5.89 Å². The number of aromatic nitrogens is 3. The molecule has 0 aliphatic rings. The second kappa shape index (κ2) is 9.07. The molecule has 0 saturated carbocycles. The Kier molecular flexibility index (Phi) is 6.52. The molecule has 0 saturated heterocycles. The molecule has 3 aromatic rings. The Balaban J connectivity index is 2.01. The number of ether oxygens (including phenoxy) is 1. The van der Waals surface area contributed by atoms with Crippen molar-refractivity contribution in [2.45, 2.75) is 59.3 Å². The molecular formula is C23H29N3O3. The van der Waals surface area contributed by atoms with Gasteiger partial charge in [-0.1, -0.05) is 32.3 Å². The van der Waals surface area contributed by atoms with Gasteiger partial charge < -0.3 is 14.4 Å². The molecule has 0 fully saturated rings. The van der Waals surface area contributed by atoms with Crippen LogP contribution < -0.4 is 4.74 Å². The maximum atomic E-state index is 10.3. The molecule has 2 aromatic heterocycles. The molecule has 154 valence electrons. The fourth-order valence-electron chi connectivity index (χ4n) is 3.56. The third kappa shape index (κ3) is 4.42. The fourth-order valence-corrected chi connectivity index (χ4v) is 3.56. The third-order valence-corrected chi connectivity index (χ3v) is 5.26. The van der Waals surface area contributed by atoms with E-state index in [1.807, 2.05) is 31.2 Å². The average Bonchev–Trinajstić information content (AvgIpc) is 3.22. The van der Waals surface area contributed by atoms with Crippen LogP contribution in [0.1, 0.15) is 62.8 Å². The van der Waals surface area contributed by atoms with Gasteiger partial charge in [-0.2, -0.15) is 4.98 Å². The Labute approximate surface area is 172 Å². The summed E-state index contributed by atoms with van der Waals surface area (Å²) in [5.41, 5.74) is 4.09. The quantitative estimate of drug-likeness (QED) is 0.529. The number of aryl methyl sites for hydroxylation is 2. The molecule has 1 N–H and O–H groups in total. The number of pyridine rings is 1. The van der Waals surface area contributed by atoms with Gasteiger partial charge >= 0.3 is 0 Å². The molecular weight excluding hydrogens is 366 g/mol. The lowest BCUT2D eigenvalue weighted by atomic mass is 9.98. The van der Waals surface area contributed by atoms with Crippen molar-refractivity contribution in [3.05, 3.63) is 41.1 Å². The number of phenolic OH excluding ortho intramolecular Hbond substituents is 1. The molecule has 29 heavy (non-hydrogen) atoms. The molecule has 1 aromatic carbocycles. The lowest BCUT2D eigenvalue weighted by molar-refractivity contribution is 0.410.